The Morgan fingerprint density at radius 3 is 2.19 bits per heavy atom. The van der Waals surface area contributed by atoms with Crippen molar-refractivity contribution in [2.45, 2.75) is 24.5 Å². The number of hydrogen-bond donors (Lipinski definition) is 5. The summed E-state index contributed by atoms with van der Waals surface area (Å²) in [6.07, 6.45) is -5.81. The fraction of sp³-hybridized carbons (Fsp3) is 0.556. The van der Waals surface area contributed by atoms with Gasteiger partial charge in [0.15, 0.2) is 6.23 Å². The van der Waals surface area contributed by atoms with Crippen LogP contribution < -0.4 is 58.8 Å². The summed E-state index contributed by atoms with van der Waals surface area (Å²) in [4.78, 5) is 63.7. The predicted molar refractivity (Wildman–Crippen MR) is 82.6 cm³/mol. The Balaban J connectivity index is 0.00000450. The van der Waals surface area contributed by atoms with Gasteiger partial charge in [-0.25, -0.2) is 18.0 Å². The Labute approximate surface area is 196 Å². The topological polar surface area (TPSA) is 270 Å². The standard InChI is InChI=1S/C9H15N2O15P3.2Li/c12-5-1-2-11(9(15)10-5)8-7(14)6(13)4(24-8)3-23-28(19,20)26-29(21,22)25-27(16,17)18;;/h1-2,4,6-8,13-14H,3H2,(H,19,20)(H,21,22)(H,10,12,15)(H2,16,17,18);;/q;2*+1/p-2/t4-,6+,7?,8-;;/m1../s1/i10+1,11+1;;. The zero-order valence-electron chi connectivity index (χ0n) is 15.7. The summed E-state index contributed by atoms with van der Waals surface area (Å²) in [5.74, 6) is 0. The summed E-state index contributed by atoms with van der Waals surface area (Å²) < 4.78 is 49.7. The molecular weight excluding hydrogens is 485 g/mol. The molecule has 0 aromatic carbocycles. The van der Waals surface area contributed by atoms with Crippen LogP contribution in [0.4, 0.5) is 0 Å². The van der Waals surface area contributed by atoms with E-state index >= 15 is 0 Å². The van der Waals surface area contributed by atoms with Gasteiger partial charge in [-0.05, 0) is 0 Å². The van der Waals surface area contributed by atoms with Gasteiger partial charge in [0, 0.05) is 12.3 Å². The number of phosphoric ester groups is 1. The molecule has 17 nitrogen and oxygen atoms in total. The number of nitrogens with one attached hydrogen (secondary N) is 1. The molecule has 1 fully saturated rings. The second-order valence-corrected chi connectivity index (χ2v) is 9.74. The quantitative estimate of drug-likeness (QED) is 0.164. The molecule has 2 heterocycles. The monoisotopic (exact) mass is 498 g/mol. The summed E-state index contributed by atoms with van der Waals surface area (Å²) in [5, 5.41) is 19.9. The summed E-state index contributed by atoms with van der Waals surface area (Å²) in [7, 11) is -17.5. The molecule has 1 aliphatic rings. The number of phosphoric acid groups is 3. The zero-order chi connectivity index (χ0) is 22.2. The number of H-pyrrole nitrogens is 1. The van der Waals surface area contributed by atoms with Crippen LogP contribution in [-0.4, -0.2) is 54.5 Å². The van der Waals surface area contributed by atoms with E-state index in [1.807, 2.05) is 4.98 Å². The average Bonchev–Trinajstić information content (AvgIpc) is 2.78. The van der Waals surface area contributed by atoms with E-state index in [0.717, 1.165) is 12.3 Å². The average molecular weight is 498 g/mol. The predicted octanol–water partition coefficient (Wildman–Crippen LogP) is -9.76. The molecule has 166 valence electrons. The van der Waals surface area contributed by atoms with Crippen LogP contribution in [0.2, 0.25) is 0 Å². The van der Waals surface area contributed by atoms with Gasteiger partial charge < -0.3 is 34.5 Å². The minimum absolute atomic E-state index is 0. The molecule has 7 atom stereocenters. The first-order valence-electron chi connectivity index (χ1n) is 7.18. The number of ether oxygens (including phenoxy) is 1. The Bertz CT molecular complexity index is 1010. The molecule has 31 heavy (non-hydrogen) atoms. The summed E-state index contributed by atoms with van der Waals surface area (Å²) >= 11 is 0. The van der Waals surface area contributed by atoms with E-state index < -0.39 is 65.9 Å². The minimum atomic E-state index is -6.04. The molecule has 2 rings (SSSR count). The van der Waals surface area contributed by atoms with Crippen molar-refractivity contribution in [3.63, 3.8) is 0 Å². The Hall–Kier alpha value is 0.165. The maximum atomic E-state index is 11.7. The van der Waals surface area contributed by atoms with Crippen LogP contribution in [0, 0.1) is 0 Å². The third kappa shape index (κ3) is 9.14. The van der Waals surface area contributed by atoms with Crippen LogP contribution in [0.3, 0.4) is 0 Å². The van der Waals surface area contributed by atoms with Crippen molar-refractivity contribution in [1.82, 2.24) is 9.55 Å². The molecule has 0 amide bonds. The number of aromatic amines is 1. The van der Waals surface area contributed by atoms with Crippen LogP contribution in [0.5, 0.6) is 0 Å². The molecule has 1 saturated heterocycles. The summed E-state index contributed by atoms with van der Waals surface area (Å²) in [5.41, 5.74) is -1.77. The van der Waals surface area contributed by atoms with E-state index in [1.54, 1.807) is 0 Å². The second-order valence-electron chi connectivity index (χ2n) is 5.41. The fourth-order valence-corrected chi connectivity index (χ4v) is 5.12. The fourth-order valence-electron chi connectivity index (χ4n) is 2.18. The second kappa shape index (κ2) is 11.5. The number of hydrogen-bond acceptors (Lipinski definition) is 13. The van der Waals surface area contributed by atoms with Crippen LogP contribution >= 0.6 is 23.5 Å². The van der Waals surface area contributed by atoms with Gasteiger partial charge in [-0.15, -0.1) is 0 Å². The first kappa shape index (κ1) is 31.2. The van der Waals surface area contributed by atoms with Gasteiger partial charge in [0.05, 0.1) is 6.61 Å². The SMILES string of the molecule is O=c1cc[15n]([C@@H]2O[C@H](COP(=O)(O)OP(=O)([O-])OP(=O)([O-])O)[C@H](O)C2O)c(=O)[15nH]1.[Li+].[Li+]. The van der Waals surface area contributed by atoms with E-state index in [9.17, 15) is 48.2 Å². The largest absolute Gasteiger partial charge is 1.00 e. The normalized spacial score (nSPS) is 29.0. The number of aliphatic hydroxyl groups is 2. The first-order valence-corrected chi connectivity index (χ1v) is 11.6. The van der Waals surface area contributed by atoms with Gasteiger partial charge >= 0.3 is 51.2 Å². The van der Waals surface area contributed by atoms with E-state index in [2.05, 4.69) is 13.1 Å². The molecule has 4 unspecified atom stereocenters. The van der Waals surface area contributed by atoms with Crippen molar-refractivity contribution in [3.05, 3.63) is 33.1 Å². The van der Waals surface area contributed by atoms with Crippen molar-refractivity contribution in [2.24, 2.45) is 0 Å². The van der Waals surface area contributed by atoms with Gasteiger partial charge in [0.1, 0.15) is 18.3 Å². The maximum absolute atomic E-state index is 11.7. The summed E-state index contributed by atoms with van der Waals surface area (Å²) in [6, 6.07) is 0.908. The first-order chi connectivity index (χ1) is 13.1. The molecule has 1 aromatic rings. The minimum Gasteiger partial charge on any atom is -0.756 e. The van der Waals surface area contributed by atoms with Gasteiger partial charge in [-0.2, -0.15) is 0 Å². The molecule has 5 N–H and O–H groups in total. The molecule has 0 bridgehead atoms. The third-order valence-electron chi connectivity index (χ3n) is 3.27. The van der Waals surface area contributed by atoms with Crippen molar-refractivity contribution >= 4 is 23.5 Å². The van der Waals surface area contributed by atoms with Crippen molar-refractivity contribution in [1.29, 1.82) is 0 Å². The molecule has 0 saturated carbocycles. The van der Waals surface area contributed by atoms with Crippen LogP contribution in [0.1, 0.15) is 6.23 Å². The molecule has 0 radical (unpaired) electrons. The van der Waals surface area contributed by atoms with Gasteiger partial charge in [-0.1, -0.05) is 0 Å². The van der Waals surface area contributed by atoms with Crippen LogP contribution in [0.15, 0.2) is 21.9 Å². The number of nitrogens with zero attached hydrogens (tertiary/aromatic N) is 1. The molecule has 0 spiro atoms. The van der Waals surface area contributed by atoms with E-state index in [4.69, 9.17) is 9.63 Å². The van der Waals surface area contributed by atoms with E-state index in [0.29, 0.717) is 4.57 Å². The van der Waals surface area contributed by atoms with Crippen molar-refractivity contribution in [2.75, 3.05) is 6.61 Å². The molecule has 1 aliphatic heterocycles. The smallest absolute Gasteiger partial charge is 0.756 e. The Kier molecular flexibility index (Phi) is 11.6. The third-order valence-corrected chi connectivity index (χ3v) is 7.00. The van der Waals surface area contributed by atoms with Crippen molar-refractivity contribution < 1.29 is 99.1 Å². The van der Waals surface area contributed by atoms with Crippen LogP contribution in [0.25, 0.3) is 0 Å². The molecular formula is C9H13Li2N2O15P3. The van der Waals surface area contributed by atoms with Gasteiger partial charge in [0.25, 0.3) is 21.2 Å². The van der Waals surface area contributed by atoms with Crippen molar-refractivity contribution in [3.8, 4) is 0 Å². The Morgan fingerprint density at radius 1 is 1.10 bits per heavy atom. The van der Waals surface area contributed by atoms with Crippen LogP contribution in [-0.2, 0) is 31.6 Å². The number of rotatable bonds is 8. The number of aromatic nitrogens is 2. The molecule has 1 aromatic heterocycles. The van der Waals surface area contributed by atoms with E-state index in [-0.39, 0.29) is 37.7 Å². The van der Waals surface area contributed by atoms with Gasteiger partial charge in [0.2, 0.25) is 0 Å². The maximum Gasteiger partial charge on any atom is 1.00 e. The van der Waals surface area contributed by atoms with Gasteiger partial charge in [-0.3, -0.25) is 28.0 Å². The molecule has 0 aliphatic carbocycles. The Morgan fingerprint density at radius 2 is 1.68 bits per heavy atom. The van der Waals surface area contributed by atoms with E-state index in [1.165, 1.54) is 0 Å². The zero-order valence-corrected chi connectivity index (χ0v) is 18.4. The summed E-state index contributed by atoms with van der Waals surface area (Å²) in [6.45, 7) is -1.09. The molecule has 22 heteroatoms. The number of aliphatic hydroxyl groups excluding tert-OH is 2.